The number of hydrogen-bond donors (Lipinski definition) is 1. The Bertz CT molecular complexity index is 486. The molecule has 1 aromatic heterocycles. The highest BCUT2D eigenvalue weighted by Crippen LogP contribution is 2.19. The molecule has 0 bridgehead atoms. The van der Waals surface area contributed by atoms with Crippen molar-refractivity contribution in [1.29, 1.82) is 0 Å². The Balaban J connectivity index is 1.86. The lowest BCUT2D eigenvalue weighted by molar-refractivity contribution is -0.118. The zero-order valence-electron chi connectivity index (χ0n) is 12.5. The van der Waals surface area contributed by atoms with Gasteiger partial charge in [-0.2, -0.15) is 0 Å². The number of amides is 1. The van der Waals surface area contributed by atoms with E-state index in [9.17, 15) is 4.79 Å². The van der Waals surface area contributed by atoms with E-state index in [0.717, 1.165) is 50.5 Å². The number of carbonyl (C=O) groups is 1. The second-order valence-corrected chi connectivity index (χ2v) is 5.40. The predicted octanol–water partition coefficient (Wildman–Crippen LogP) is 1.95. The summed E-state index contributed by atoms with van der Waals surface area (Å²) in [5.74, 6) is 0.950. The lowest BCUT2D eigenvalue weighted by atomic mass is 10.1. The van der Waals surface area contributed by atoms with Crippen molar-refractivity contribution in [2.75, 3.05) is 19.6 Å². The van der Waals surface area contributed by atoms with Crippen LogP contribution in [0.15, 0.2) is 16.2 Å². The zero-order valence-corrected chi connectivity index (χ0v) is 12.5. The number of nitrogens with zero attached hydrogens (tertiary/aromatic N) is 2. The number of rotatable bonds is 5. The first kappa shape index (κ1) is 14.8. The minimum Gasteiger partial charge on any atom is -0.361 e. The summed E-state index contributed by atoms with van der Waals surface area (Å²) in [6.07, 6.45) is 4.29. The van der Waals surface area contributed by atoms with Crippen LogP contribution in [0.1, 0.15) is 36.8 Å². The number of hydrogen-bond acceptors (Lipinski definition) is 4. The molecule has 20 heavy (non-hydrogen) atoms. The Morgan fingerprint density at radius 2 is 2.30 bits per heavy atom. The van der Waals surface area contributed by atoms with Gasteiger partial charge in [-0.3, -0.25) is 9.69 Å². The van der Waals surface area contributed by atoms with Crippen LogP contribution in [0.5, 0.6) is 0 Å². The summed E-state index contributed by atoms with van der Waals surface area (Å²) in [5.41, 5.74) is 3.58. The molecule has 0 spiro atoms. The predicted molar refractivity (Wildman–Crippen MR) is 77.3 cm³/mol. The Hall–Kier alpha value is -1.62. The van der Waals surface area contributed by atoms with E-state index in [1.165, 1.54) is 11.1 Å². The average Bonchev–Trinajstić information content (AvgIpc) is 2.71. The molecule has 0 aromatic carbocycles. The first-order valence-electron chi connectivity index (χ1n) is 7.12. The molecule has 5 nitrogen and oxygen atoms in total. The fourth-order valence-electron chi connectivity index (χ4n) is 2.55. The average molecular weight is 277 g/mol. The van der Waals surface area contributed by atoms with Crippen LogP contribution < -0.4 is 5.32 Å². The molecular formula is C15H23N3O2. The van der Waals surface area contributed by atoms with Crippen LogP contribution in [0.3, 0.4) is 0 Å². The van der Waals surface area contributed by atoms with Crippen LogP contribution >= 0.6 is 0 Å². The Labute approximate surface area is 120 Å². The highest BCUT2D eigenvalue weighted by Gasteiger charge is 2.17. The van der Waals surface area contributed by atoms with Gasteiger partial charge in [0.15, 0.2) is 0 Å². The number of carbonyl (C=O) groups excluding carboxylic acids is 1. The molecule has 0 radical (unpaired) electrons. The first-order valence-corrected chi connectivity index (χ1v) is 7.12. The van der Waals surface area contributed by atoms with E-state index in [0.29, 0.717) is 0 Å². The first-order chi connectivity index (χ1) is 9.56. The summed E-state index contributed by atoms with van der Waals surface area (Å²) in [6.45, 7) is 9.14. The van der Waals surface area contributed by atoms with Crippen molar-refractivity contribution in [2.24, 2.45) is 0 Å². The van der Waals surface area contributed by atoms with Crippen molar-refractivity contribution in [3.63, 3.8) is 0 Å². The molecule has 110 valence electrons. The molecule has 2 rings (SSSR count). The van der Waals surface area contributed by atoms with E-state index >= 15 is 0 Å². The normalized spacial score (nSPS) is 16.1. The van der Waals surface area contributed by atoms with Gasteiger partial charge in [0.05, 0.1) is 5.69 Å². The third-order valence-corrected chi connectivity index (χ3v) is 3.69. The number of aromatic nitrogens is 1. The highest BCUT2D eigenvalue weighted by molar-refractivity contribution is 5.72. The van der Waals surface area contributed by atoms with Crippen LogP contribution in [-0.2, 0) is 11.3 Å². The zero-order chi connectivity index (χ0) is 14.5. The van der Waals surface area contributed by atoms with Gasteiger partial charge in [-0.1, -0.05) is 16.8 Å². The molecule has 2 heterocycles. The summed E-state index contributed by atoms with van der Waals surface area (Å²) >= 11 is 0. The van der Waals surface area contributed by atoms with Crippen LogP contribution in [0, 0.1) is 13.8 Å². The molecule has 0 fully saturated rings. The van der Waals surface area contributed by atoms with E-state index in [1.807, 2.05) is 13.8 Å². The highest BCUT2D eigenvalue weighted by atomic mass is 16.5. The Kier molecular flexibility index (Phi) is 4.95. The van der Waals surface area contributed by atoms with E-state index in [-0.39, 0.29) is 5.91 Å². The smallest absolute Gasteiger partial charge is 0.216 e. The molecule has 0 unspecified atom stereocenters. The monoisotopic (exact) mass is 277 g/mol. The molecule has 0 aliphatic carbocycles. The SMILES string of the molecule is CC(=O)NCCC1=CCCN(Cc2c(C)noc2C)C1. The van der Waals surface area contributed by atoms with Gasteiger partial charge in [0, 0.05) is 38.7 Å². The molecule has 1 aliphatic heterocycles. The largest absolute Gasteiger partial charge is 0.361 e. The van der Waals surface area contributed by atoms with Gasteiger partial charge in [0.25, 0.3) is 0 Å². The summed E-state index contributed by atoms with van der Waals surface area (Å²) in [4.78, 5) is 13.3. The fraction of sp³-hybridized carbons (Fsp3) is 0.600. The molecule has 0 saturated carbocycles. The second-order valence-electron chi connectivity index (χ2n) is 5.40. The number of nitrogens with one attached hydrogen (secondary N) is 1. The van der Waals surface area contributed by atoms with Crippen LogP contribution in [0.25, 0.3) is 0 Å². The van der Waals surface area contributed by atoms with Crippen molar-refractivity contribution >= 4 is 5.91 Å². The molecule has 1 amide bonds. The molecule has 5 heteroatoms. The minimum absolute atomic E-state index is 0.0361. The molecule has 0 atom stereocenters. The van der Waals surface area contributed by atoms with Crippen LogP contribution in [0.2, 0.25) is 0 Å². The standard InChI is InChI=1S/C15H23N3O2/c1-11-15(12(2)20-17-11)10-18-8-4-5-14(9-18)6-7-16-13(3)19/h5H,4,6-10H2,1-3H3,(H,16,19). The lowest BCUT2D eigenvalue weighted by Crippen LogP contribution is -2.31. The quantitative estimate of drug-likeness (QED) is 0.836. The van der Waals surface area contributed by atoms with Crippen molar-refractivity contribution < 1.29 is 9.32 Å². The topological polar surface area (TPSA) is 58.4 Å². The summed E-state index contributed by atoms with van der Waals surface area (Å²) in [5, 5.41) is 6.85. The van der Waals surface area contributed by atoms with Gasteiger partial charge < -0.3 is 9.84 Å². The minimum atomic E-state index is 0.0361. The van der Waals surface area contributed by atoms with Gasteiger partial charge in [0.2, 0.25) is 5.91 Å². The summed E-state index contributed by atoms with van der Waals surface area (Å²) < 4.78 is 5.22. The maximum Gasteiger partial charge on any atom is 0.216 e. The van der Waals surface area contributed by atoms with Gasteiger partial charge in [-0.05, 0) is 26.7 Å². The van der Waals surface area contributed by atoms with E-state index < -0.39 is 0 Å². The van der Waals surface area contributed by atoms with Crippen molar-refractivity contribution in [3.8, 4) is 0 Å². The molecule has 1 aliphatic rings. The van der Waals surface area contributed by atoms with Gasteiger partial charge >= 0.3 is 0 Å². The van der Waals surface area contributed by atoms with Gasteiger partial charge in [-0.25, -0.2) is 0 Å². The third-order valence-electron chi connectivity index (χ3n) is 3.69. The maximum atomic E-state index is 10.9. The molecule has 1 N–H and O–H groups in total. The second kappa shape index (κ2) is 6.70. The van der Waals surface area contributed by atoms with Crippen molar-refractivity contribution in [3.05, 3.63) is 28.7 Å². The van der Waals surface area contributed by atoms with Gasteiger partial charge in [-0.15, -0.1) is 0 Å². The summed E-state index contributed by atoms with van der Waals surface area (Å²) in [7, 11) is 0. The molecule has 1 aromatic rings. The van der Waals surface area contributed by atoms with Gasteiger partial charge in [0.1, 0.15) is 5.76 Å². The third kappa shape index (κ3) is 3.93. The maximum absolute atomic E-state index is 10.9. The summed E-state index contributed by atoms with van der Waals surface area (Å²) in [6, 6.07) is 0. The fourth-order valence-corrected chi connectivity index (χ4v) is 2.55. The van der Waals surface area contributed by atoms with E-state index in [4.69, 9.17) is 4.52 Å². The lowest BCUT2D eigenvalue weighted by Gasteiger charge is -2.27. The molecular weight excluding hydrogens is 254 g/mol. The van der Waals surface area contributed by atoms with Crippen LogP contribution in [0.4, 0.5) is 0 Å². The van der Waals surface area contributed by atoms with Crippen LogP contribution in [-0.4, -0.2) is 35.6 Å². The Morgan fingerprint density at radius 3 is 2.95 bits per heavy atom. The van der Waals surface area contributed by atoms with Crippen molar-refractivity contribution in [2.45, 2.75) is 40.2 Å². The van der Waals surface area contributed by atoms with E-state index in [1.54, 1.807) is 6.92 Å². The van der Waals surface area contributed by atoms with E-state index in [2.05, 4.69) is 21.4 Å². The van der Waals surface area contributed by atoms with Crippen molar-refractivity contribution in [1.82, 2.24) is 15.4 Å². The number of aryl methyl sites for hydroxylation is 2. The molecule has 0 saturated heterocycles. The Morgan fingerprint density at radius 1 is 1.50 bits per heavy atom.